The van der Waals surface area contributed by atoms with Crippen LogP contribution in [0.25, 0.3) is 0 Å². The maximum Gasteiger partial charge on any atom is 0.509 e. The average Bonchev–Trinajstić information content (AvgIpc) is 3.18. The van der Waals surface area contributed by atoms with Crippen LogP contribution in [0.1, 0.15) is 85.5 Å². The summed E-state index contributed by atoms with van der Waals surface area (Å²) < 4.78 is 16.5. The fourth-order valence-electron chi connectivity index (χ4n) is 7.93. The van der Waals surface area contributed by atoms with Crippen molar-refractivity contribution in [1.82, 2.24) is 0 Å². The van der Waals surface area contributed by atoms with Crippen LogP contribution in [-0.2, 0) is 28.6 Å². The molecule has 0 aromatic heterocycles. The van der Waals surface area contributed by atoms with Gasteiger partial charge in [0.05, 0.1) is 17.6 Å². The number of rotatable bonds is 9. The van der Waals surface area contributed by atoms with Crippen LogP contribution >= 0.6 is 11.6 Å². The smallest absolute Gasteiger partial charge is 0.457 e. The predicted octanol–water partition coefficient (Wildman–Crippen LogP) is 5.23. The molecule has 39 heavy (non-hydrogen) atoms. The van der Waals surface area contributed by atoms with Crippen LogP contribution in [-0.4, -0.2) is 58.6 Å². The van der Waals surface area contributed by atoms with E-state index in [1.165, 1.54) is 6.08 Å². The van der Waals surface area contributed by atoms with Crippen LogP contribution in [0.2, 0.25) is 0 Å². The van der Waals surface area contributed by atoms with Crippen molar-refractivity contribution in [1.29, 1.82) is 0 Å². The first-order chi connectivity index (χ1) is 18.4. The van der Waals surface area contributed by atoms with Crippen LogP contribution < -0.4 is 0 Å². The molecule has 0 aromatic rings. The monoisotopic (exact) mass is 564 g/mol. The van der Waals surface area contributed by atoms with Gasteiger partial charge >= 0.3 is 12.1 Å². The van der Waals surface area contributed by atoms with E-state index in [0.29, 0.717) is 25.7 Å². The second-order valence-electron chi connectivity index (χ2n) is 12.0. The van der Waals surface area contributed by atoms with Crippen LogP contribution in [0.4, 0.5) is 4.79 Å². The molecule has 0 amide bonds. The maximum absolute atomic E-state index is 13.9. The Kier molecular flexibility index (Phi) is 8.40. The summed E-state index contributed by atoms with van der Waals surface area (Å²) in [4.78, 5) is 49.7. The van der Waals surface area contributed by atoms with Crippen molar-refractivity contribution in [2.75, 3.05) is 13.2 Å². The fourth-order valence-corrected chi connectivity index (χ4v) is 8.45. The third-order valence-electron chi connectivity index (χ3n) is 10.1. The van der Waals surface area contributed by atoms with Gasteiger partial charge in [-0.05, 0) is 62.5 Å². The van der Waals surface area contributed by atoms with Crippen molar-refractivity contribution >= 4 is 35.3 Å². The van der Waals surface area contributed by atoms with Crippen LogP contribution in [0.5, 0.6) is 0 Å². The normalized spacial score (nSPS) is 38.7. The molecule has 3 saturated carbocycles. The van der Waals surface area contributed by atoms with Gasteiger partial charge in [-0.15, -0.1) is 11.6 Å². The van der Waals surface area contributed by atoms with Crippen molar-refractivity contribution in [2.45, 2.75) is 102 Å². The fraction of sp³-hybridized carbons (Fsp3) is 0.733. The molecule has 1 N–H and O–H groups in total. The van der Waals surface area contributed by atoms with Gasteiger partial charge in [0.25, 0.3) is 0 Å². The molecule has 4 aliphatic rings. The molecule has 216 valence electrons. The summed E-state index contributed by atoms with van der Waals surface area (Å²) >= 11 is 7.48. The molecule has 0 spiro atoms. The Labute approximate surface area is 235 Å². The molecule has 9 heteroatoms. The quantitative estimate of drug-likeness (QED) is 0.230. The standard InChI is InChI=1S/C30H41ClO8/c1-5-7-8-15-37-26(36)39-29(24(34)18-38-25(35)6-2)14-12-21-22-10-9-19-16-20(32)11-13-27(19,3)30(22,31)23(33)17-28(21,29)4/h11,13,16,21-23,33H,5-10,12,14-15,17-18H2,1-4H3/t21-,22-,23?,27-,28-,29-,30-/m0/s1. The molecule has 4 aliphatic carbocycles. The summed E-state index contributed by atoms with van der Waals surface area (Å²) in [7, 11) is 0. The van der Waals surface area contributed by atoms with E-state index in [0.717, 1.165) is 18.4 Å². The van der Waals surface area contributed by atoms with E-state index in [1.54, 1.807) is 13.0 Å². The number of aliphatic hydroxyl groups excluding tert-OH is 1. The highest BCUT2D eigenvalue weighted by atomic mass is 35.5. The Morgan fingerprint density at radius 2 is 1.85 bits per heavy atom. The van der Waals surface area contributed by atoms with E-state index in [4.69, 9.17) is 25.8 Å². The van der Waals surface area contributed by atoms with Gasteiger partial charge in [0.15, 0.2) is 18.0 Å². The first-order valence-electron chi connectivity index (χ1n) is 14.3. The van der Waals surface area contributed by atoms with Gasteiger partial charge in [-0.1, -0.05) is 52.2 Å². The number of hydrogen-bond donors (Lipinski definition) is 1. The topological polar surface area (TPSA) is 116 Å². The summed E-state index contributed by atoms with van der Waals surface area (Å²) in [5.41, 5.74) is -2.44. The Hall–Kier alpha value is -2.19. The summed E-state index contributed by atoms with van der Waals surface area (Å²) in [6.07, 6.45) is 7.72. The zero-order valence-electron chi connectivity index (χ0n) is 23.4. The number of halogens is 1. The van der Waals surface area contributed by atoms with Gasteiger partial charge in [-0.25, -0.2) is 4.79 Å². The van der Waals surface area contributed by atoms with E-state index < -0.39 is 51.9 Å². The molecule has 0 bridgehead atoms. The third-order valence-corrected chi connectivity index (χ3v) is 11.0. The number of carbonyl (C=O) groups is 4. The Bertz CT molecular complexity index is 1080. The molecule has 3 fully saturated rings. The second-order valence-corrected chi connectivity index (χ2v) is 12.6. The molecule has 0 aromatic carbocycles. The highest BCUT2D eigenvalue weighted by Crippen LogP contribution is 2.71. The summed E-state index contributed by atoms with van der Waals surface area (Å²) in [6.45, 7) is 7.17. The number of allylic oxidation sites excluding steroid dienone is 4. The number of hydrogen-bond acceptors (Lipinski definition) is 8. The lowest BCUT2D eigenvalue weighted by Gasteiger charge is -2.63. The number of esters is 1. The van der Waals surface area contributed by atoms with E-state index in [2.05, 4.69) is 0 Å². The van der Waals surface area contributed by atoms with Crippen LogP contribution in [0, 0.1) is 22.7 Å². The largest absolute Gasteiger partial charge is 0.509 e. The minimum absolute atomic E-state index is 0.0886. The third kappa shape index (κ3) is 4.65. The summed E-state index contributed by atoms with van der Waals surface area (Å²) in [5.74, 6) is -1.51. The molecule has 0 saturated heterocycles. The number of unbranched alkanes of at least 4 members (excludes halogenated alkanes) is 2. The highest BCUT2D eigenvalue weighted by molar-refractivity contribution is 6.26. The zero-order valence-corrected chi connectivity index (χ0v) is 24.2. The van der Waals surface area contributed by atoms with E-state index >= 15 is 0 Å². The number of aliphatic hydroxyl groups is 1. The lowest BCUT2D eigenvalue weighted by molar-refractivity contribution is -0.182. The Balaban J connectivity index is 1.69. The molecule has 7 atom stereocenters. The summed E-state index contributed by atoms with van der Waals surface area (Å²) in [5, 5.41) is 11.8. The van der Waals surface area contributed by atoms with Crippen molar-refractivity contribution in [3.8, 4) is 0 Å². The van der Waals surface area contributed by atoms with Crippen molar-refractivity contribution in [3.63, 3.8) is 0 Å². The summed E-state index contributed by atoms with van der Waals surface area (Å²) in [6, 6.07) is 0. The number of alkyl halides is 1. The molecular formula is C30H41ClO8. The molecule has 4 rings (SSSR count). The van der Waals surface area contributed by atoms with Crippen LogP contribution in [0.15, 0.2) is 23.8 Å². The molecule has 0 heterocycles. The minimum Gasteiger partial charge on any atom is -0.457 e. The zero-order chi connectivity index (χ0) is 28.6. The Morgan fingerprint density at radius 1 is 1.10 bits per heavy atom. The lowest BCUT2D eigenvalue weighted by atomic mass is 9.45. The van der Waals surface area contributed by atoms with Crippen molar-refractivity contribution in [3.05, 3.63) is 23.8 Å². The lowest BCUT2D eigenvalue weighted by Crippen LogP contribution is -2.69. The van der Waals surface area contributed by atoms with Crippen molar-refractivity contribution in [2.24, 2.45) is 22.7 Å². The van der Waals surface area contributed by atoms with Gasteiger partial charge in [0, 0.05) is 17.3 Å². The van der Waals surface area contributed by atoms with Crippen LogP contribution in [0.3, 0.4) is 0 Å². The highest BCUT2D eigenvalue weighted by Gasteiger charge is 2.74. The Morgan fingerprint density at radius 3 is 2.54 bits per heavy atom. The van der Waals surface area contributed by atoms with Gasteiger partial charge < -0.3 is 19.3 Å². The van der Waals surface area contributed by atoms with E-state index in [1.807, 2.05) is 26.8 Å². The molecular weight excluding hydrogens is 524 g/mol. The van der Waals surface area contributed by atoms with Gasteiger partial charge in [0.1, 0.15) is 0 Å². The number of fused-ring (bicyclic) bond motifs is 5. The second kappa shape index (κ2) is 11.0. The number of Topliss-reactive ketones (excluding diaryl/α,β-unsaturated/α-hetero) is 1. The van der Waals surface area contributed by atoms with E-state index in [9.17, 15) is 24.3 Å². The van der Waals surface area contributed by atoms with Crippen molar-refractivity contribution < 1.29 is 38.5 Å². The van der Waals surface area contributed by atoms with Gasteiger partial charge in [-0.2, -0.15) is 0 Å². The molecule has 0 aliphatic heterocycles. The molecule has 1 unspecified atom stereocenters. The predicted molar refractivity (Wildman–Crippen MR) is 144 cm³/mol. The first-order valence-corrected chi connectivity index (χ1v) is 14.6. The van der Waals surface area contributed by atoms with Gasteiger partial charge in [0.2, 0.25) is 5.78 Å². The van der Waals surface area contributed by atoms with E-state index in [-0.39, 0.29) is 43.5 Å². The molecule has 0 radical (unpaired) electrons. The molecule has 8 nitrogen and oxygen atoms in total. The number of carbonyl (C=O) groups excluding carboxylic acids is 4. The van der Waals surface area contributed by atoms with Gasteiger partial charge in [-0.3, -0.25) is 14.4 Å². The first kappa shape index (κ1) is 29.8. The number of ketones is 2. The SMILES string of the molecule is CCCCCOC(=O)O[C@]1(C(=O)COC(=O)CC)CC[C@H]2[C@@H]3CCC4=CC(=O)C=C[C@]4(C)[C@@]3(Cl)C(O)C[C@@]21C. The average molecular weight is 565 g/mol. The minimum atomic E-state index is -1.64. The number of ether oxygens (including phenoxy) is 3. The maximum atomic E-state index is 13.9.